The second-order valence-corrected chi connectivity index (χ2v) is 6.50. The molecule has 4 unspecified atom stereocenters. The molecule has 3 rings (SSSR count). The van der Waals surface area contributed by atoms with Crippen molar-refractivity contribution in [1.82, 2.24) is 5.32 Å². The summed E-state index contributed by atoms with van der Waals surface area (Å²) in [6.45, 7) is 6.96. The molecule has 1 amide bonds. The number of amides is 1. The van der Waals surface area contributed by atoms with Crippen LogP contribution in [0.1, 0.15) is 45.2 Å². The highest BCUT2D eigenvalue weighted by Gasteiger charge is 2.30. The van der Waals surface area contributed by atoms with Crippen molar-refractivity contribution in [2.45, 2.75) is 45.7 Å². The molecule has 114 valence electrons. The molecule has 1 heterocycles. The van der Waals surface area contributed by atoms with E-state index in [1.807, 2.05) is 12.1 Å². The summed E-state index contributed by atoms with van der Waals surface area (Å²) in [7, 11) is 0. The second-order valence-electron chi connectivity index (χ2n) is 6.50. The third kappa shape index (κ3) is 2.91. The standard InChI is InChI=1S/C17H24N2O2/c1-10-4-6-14(11(10)2)18-12(3)13-5-7-16-15(8-13)19-17(20)9-21-16/h5,7-8,10-12,14,18H,4,6,9H2,1-3H3,(H,19,20). The zero-order valence-corrected chi connectivity index (χ0v) is 13.0. The minimum atomic E-state index is -0.0847. The largest absolute Gasteiger partial charge is 0.482 e. The Morgan fingerprint density at radius 1 is 1.33 bits per heavy atom. The van der Waals surface area contributed by atoms with Gasteiger partial charge in [-0.2, -0.15) is 0 Å². The van der Waals surface area contributed by atoms with E-state index >= 15 is 0 Å². The van der Waals surface area contributed by atoms with Crippen LogP contribution in [-0.4, -0.2) is 18.6 Å². The first kappa shape index (κ1) is 14.4. The van der Waals surface area contributed by atoms with Crippen LogP contribution in [0, 0.1) is 11.8 Å². The first-order valence-electron chi connectivity index (χ1n) is 7.87. The number of fused-ring (bicyclic) bond motifs is 1. The maximum Gasteiger partial charge on any atom is 0.262 e. The summed E-state index contributed by atoms with van der Waals surface area (Å²) in [5, 5.41) is 6.61. The molecule has 1 aromatic rings. The van der Waals surface area contributed by atoms with E-state index in [2.05, 4.69) is 37.5 Å². The van der Waals surface area contributed by atoms with Gasteiger partial charge in [0.2, 0.25) is 0 Å². The monoisotopic (exact) mass is 288 g/mol. The number of hydrogen-bond acceptors (Lipinski definition) is 3. The van der Waals surface area contributed by atoms with Crippen LogP contribution >= 0.6 is 0 Å². The minimum absolute atomic E-state index is 0.0847. The van der Waals surface area contributed by atoms with Crippen LogP contribution < -0.4 is 15.4 Å². The molecule has 21 heavy (non-hydrogen) atoms. The molecule has 0 saturated heterocycles. The van der Waals surface area contributed by atoms with Gasteiger partial charge in [-0.05, 0) is 49.3 Å². The highest BCUT2D eigenvalue weighted by atomic mass is 16.5. The van der Waals surface area contributed by atoms with Crippen molar-refractivity contribution >= 4 is 11.6 Å². The Balaban J connectivity index is 1.72. The zero-order chi connectivity index (χ0) is 15.0. The van der Waals surface area contributed by atoms with Crippen molar-refractivity contribution < 1.29 is 9.53 Å². The van der Waals surface area contributed by atoms with E-state index in [1.54, 1.807) is 0 Å². The quantitative estimate of drug-likeness (QED) is 0.898. The van der Waals surface area contributed by atoms with Gasteiger partial charge in [-0.1, -0.05) is 19.9 Å². The molecule has 4 heteroatoms. The number of carbonyl (C=O) groups excluding carboxylic acids is 1. The number of carbonyl (C=O) groups is 1. The van der Waals surface area contributed by atoms with E-state index in [4.69, 9.17) is 4.74 Å². The summed E-state index contributed by atoms with van der Waals surface area (Å²) in [5.41, 5.74) is 1.97. The Morgan fingerprint density at radius 2 is 2.14 bits per heavy atom. The summed E-state index contributed by atoms with van der Waals surface area (Å²) >= 11 is 0. The summed E-state index contributed by atoms with van der Waals surface area (Å²) in [4.78, 5) is 11.4. The summed E-state index contributed by atoms with van der Waals surface area (Å²) in [5.74, 6) is 2.19. The molecular formula is C17H24N2O2. The summed E-state index contributed by atoms with van der Waals surface area (Å²) in [6, 6.07) is 6.90. The number of anilines is 1. The Kier molecular flexibility index (Phi) is 3.89. The molecule has 1 fully saturated rings. The number of ether oxygens (including phenoxy) is 1. The van der Waals surface area contributed by atoms with Crippen LogP contribution in [0.2, 0.25) is 0 Å². The van der Waals surface area contributed by atoms with Gasteiger partial charge in [-0.15, -0.1) is 0 Å². The maximum atomic E-state index is 11.4. The molecule has 2 N–H and O–H groups in total. The van der Waals surface area contributed by atoms with Crippen molar-refractivity contribution in [2.75, 3.05) is 11.9 Å². The molecule has 4 nitrogen and oxygen atoms in total. The molecule has 1 aromatic carbocycles. The Hall–Kier alpha value is -1.55. The first-order chi connectivity index (χ1) is 10.0. The molecule has 0 spiro atoms. The number of rotatable bonds is 3. The smallest absolute Gasteiger partial charge is 0.262 e. The predicted molar refractivity (Wildman–Crippen MR) is 83.5 cm³/mol. The zero-order valence-electron chi connectivity index (χ0n) is 13.0. The van der Waals surface area contributed by atoms with Crippen LogP contribution in [0.3, 0.4) is 0 Å². The van der Waals surface area contributed by atoms with Crippen molar-refractivity contribution in [3.05, 3.63) is 23.8 Å². The molecule has 1 aliphatic heterocycles. The number of benzene rings is 1. The van der Waals surface area contributed by atoms with Gasteiger partial charge in [0.1, 0.15) is 5.75 Å². The van der Waals surface area contributed by atoms with Gasteiger partial charge in [0.15, 0.2) is 6.61 Å². The third-order valence-corrected chi connectivity index (χ3v) is 5.07. The lowest BCUT2D eigenvalue weighted by atomic mass is 9.96. The van der Waals surface area contributed by atoms with E-state index in [0.29, 0.717) is 12.0 Å². The maximum absolute atomic E-state index is 11.4. The average molecular weight is 288 g/mol. The molecule has 4 atom stereocenters. The van der Waals surface area contributed by atoms with Crippen molar-refractivity contribution in [3.63, 3.8) is 0 Å². The topological polar surface area (TPSA) is 50.4 Å². The first-order valence-corrected chi connectivity index (χ1v) is 7.87. The van der Waals surface area contributed by atoms with Gasteiger partial charge in [-0.3, -0.25) is 4.79 Å². The highest BCUT2D eigenvalue weighted by Crippen LogP contribution is 2.34. The summed E-state index contributed by atoms with van der Waals surface area (Å²) < 4.78 is 5.40. The van der Waals surface area contributed by atoms with Gasteiger partial charge in [0.25, 0.3) is 5.91 Å². The van der Waals surface area contributed by atoms with E-state index < -0.39 is 0 Å². The highest BCUT2D eigenvalue weighted by molar-refractivity contribution is 5.95. The predicted octanol–water partition coefficient (Wildman–Crippen LogP) is 3.10. The molecule has 0 bridgehead atoms. The van der Waals surface area contributed by atoms with E-state index in [1.165, 1.54) is 18.4 Å². The average Bonchev–Trinajstić information content (AvgIpc) is 2.78. The third-order valence-electron chi connectivity index (χ3n) is 5.07. The van der Waals surface area contributed by atoms with E-state index in [0.717, 1.165) is 17.4 Å². The normalized spacial score (nSPS) is 29.5. The Morgan fingerprint density at radius 3 is 2.86 bits per heavy atom. The molecule has 0 radical (unpaired) electrons. The van der Waals surface area contributed by atoms with Gasteiger partial charge in [0.05, 0.1) is 5.69 Å². The lowest BCUT2D eigenvalue weighted by Crippen LogP contribution is -2.34. The van der Waals surface area contributed by atoms with Crippen LogP contribution in [0.4, 0.5) is 5.69 Å². The molecule has 0 aromatic heterocycles. The fourth-order valence-electron chi connectivity index (χ4n) is 3.39. The molecule has 2 aliphatic rings. The van der Waals surface area contributed by atoms with Gasteiger partial charge in [-0.25, -0.2) is 0 Å². The van der Waals surface area contributed by atoms with Crippen LogP contribution in [0.25, 0.3) is 0 Å². The Bertz CT molecular complexity index is 544. The van der Waals surface area contributed by atoms with Crippen LogP contribution in [0.15, 0.2) is 18.2 Å². The van der Waals surface area contributed by atoms with Crippen molar-refractivity contribution in [2.24, 2.45) is 11.8 Å². The van der Waals surface area contributed by atoms with Crippen molar-refractivity contribution in [1.29, 1.82) is 0 Å². The fraction of sp³-hybridized carbons (Fsp3) is 0.588. The van der Waals surface area contributed by atoms with Gasteiger partial charge < -0.3 is 15.4 Å². The van der Waals surface area contributed by atoms with E-state index in [-0.39, 0.29) is 18.6 Å². The number of nitrogens with one attached hydrogen (secondary N) is 2. The molecule has 1 saturated carbocycles. The minimum Gasteiger partial charge on any atom is -0.482 e. The lowest BCUT2D eigenvalue weighted by molar-refractivity contribution is -0.118. The van der Waals surface area contributed by atoms with Crippen LogP contribution in [-0.2, 0) is 4.79 Å². The number of hydrogen-bond donors (Lipinski definition) is 2. The molecular weight excluding hydrogens is 264 g/mol. The molecule has 1 aliphatic carbocycles. The van der Waals surface area contributed by atoms with Gasteiger partial charge in [0, 0.05) is 12.1 Å². The SMILES string of the molecule is CC(NC1CCC(C)C1C)c1ccc2c(c1)NC(=O)CO2. The van der Waals surface area contributed by atoms with Crippen LogP contribution in [0.5, 0.6) is 5.75 Å². The fourth-order valence-corrected chi connectivity index (χ4v) is 3.39. The van der Waals surface area contributed by atoms with Crippen molar-refractivity contribution in [3.8, 4) is 5.75 Å². The van der Waals surface area contributed by atoms with Gasteiger partial charge >= 0.3 is 0 Å². The van der Waals surface area contributed by atoms with E-state index in [9.17, 15) is 4.79 Å². The lowest BCUT2D eigenvalue weighted by Gasteiger charge is -2.26. The second kappa shape index (κ2) is 5.68. The Labute approximate surface area is 126 Å². The summed E-state index contributed by atoms with van der Waals surface area (Å²) in [6.07, 6.45) is 2.55.